The average Bonchev–Trinajstić information content (AvgIpc) is 2.91. The summed E-state index contributed by atoms with van der Waals surface area (Å²) in [6.45, 7) is 0. The minimum absolute atomic E-state index is 0.275. The number of rotatable bonds is 4. The molecule has 0 aliphatic heterocycles. The van der Waals surface area contributed by atoms with E-state index >= 15 is 0 Å². The summed E-state index contributed by atoms with van der Waals surface area (Å²) in [4.78, 5) is 1.06. The Morgan fingerprint density at radius 3 is 2.71 bits per heavy atom. The molecule has 14 heavy (non-hydrogen) atoms. The molecule has 1 aromatic rings. The van der Waals surface area contributed by atoms with Gasteiger partial charge in [-0.1, -0.05) is 12.8 Å². The van der Waals surface area contributed by atoms with Crippen LogP contribution in [-0.4, -0.2) is 5.11 Å². The molecule has 1 atom stereocenters. The van der Waals surface area contributed by atoms with E-state index in [1.165, 1.54) is 19.3 Å². The maximum absolute atomic E-state index is 9.90. The molecule has 0 radical (unpaired) electrons. The third-order valence-electron chi connectivity index (χ3n) is 2.54. The van der Waals surface area contributed by atoms with Crippen LogP contribution in [0, 0.1) is 5.92 Å². The van der Waals surface area contributed by atoms with E-state index in [0.717, 1.165) is 25.5 Å². The van der Waals surface area contributed by atoms with Gasteiger partial charge in [-0.25, -0.2) is 0 Å². The van der Waals surface area contributed by atoms with Crippen molar-refractivity contribution in [3.05, 3.63) is 19.2 Å². The second-order valence-electron chi connectivity index (χ2n) is 3.81. The highest BCUT2D eigenvalue weighted by Gasteiger charge is 2.23. The average molecular weight is 340 g/mol. The van der Waals surface area contributed by atoms with Gasteiger partial charge in [-0.15, -0.1) is 11.3 Å². The minimum atomic E-state index is -0.275. The van der Waals surface area contributed by atoms with Gasteiger partial charge in [0, 0.05) is 9.35 Å². The zero-order valence-electron chi connectivity index (χ0n) is 7.67. The molecule has 0 bridgehead atoms. The van der Waals surface area contributed by atoms with E-state index in [-0.39, 0.29) is 6.10 Å². The van der Waals surface area contributed by atoms with Crippen molar-refractivity contribution in [3.63, 3.8) is 0 Å². The molecule has 0 amide bonds. The van der Waals surface area contributed by atoms with Crippen molar-refractivity contribution in [1.82, 2.24) is 0 Å². The Morgan fingerprint density at radius 1 is 1.50 bits per heavy atom. The SMILES string of the molecule is OC(CCC1CC1)c1cc(Br)c(Br)s1. The first-order chi connectivity index (χ1) is 6.66. The van der Waals surface area contributed by atoms with Crippen LogP contribution < -0.4 is 0 Å². The highest BCUT2D eigenvalue weighted by molar-refractivity contribution is 9.13. The molecule has 1 aliphatic carbocycles. The van der Waals surface area contributed by atoms with Crippen molar-refractivity contribution in [2.75, 3.05) is 0 Å². The molecule has 2 rings (SSSR count). The molecule has 1 unspecified atom stereocenters. The molecule has 1 saturated carbocycles. The molecule has 1 fully saturated rings. The summed E-state index contributed by atoms with van der Waals surface area (Å²) in [6.07, 6.45) is 4.54. The Bertz CT molecular complexity index is 300. The van der Waals surface area contributed by atoms with E-state index in [9.17, 15) is 5.11 Å². The first-order valence-corrected chi connectivity index (χ1v) is 7.20. The van der Waals surface area contributed by atoms with Crippen molar-refractivity contribution in [1.29, 1.82) is 0 Å². The maximum Gasteiger partial charge on any atom is 0.0882 e. The fourth-order valence-electron chi connectivity index (χ4n) is 1.47. The number of hydrogen-bond acceptors (Lipinski definition) is 2. The lowest BCUT2D eigenvalue weighted by atomic mass is 10.1. The van der Waals surface area contributed by atoms with Crippen LogP contribution in [0.4, 0.5) is 0 Å². The van der Waals surface area contributed by atoms with Gasteiger partial charge in [-0.05, 0) is 56.7 Å². The normalized spacial score (nSPS) is 18.5. The largest absolute Gasteiger partial charge is 0.388 e. The Kier molecular flexibility index (Phi) is 3.68. The second-order valence-corrected chi connectivity index (χ2v) is 7.06. The smallest absolute Gasteiger partial charge is 0.0882 e. The van der Waals surface area contributed by atoms with Gasteiger partial charge < -0.3 is 5.11 Å². The number of aliphatic hydroxyl groups is 1. The summed E-state index contributed by atoms with van der Waals surface area (Å²) in [5.41, 5.74) is 0. The summed E-state index contributed by atoms with van der Waals surface area (Å²) in [5, 5.41) is 9.90. The summed E-state index contributed by atoms with van der Waals surface area (Å²) >= 11 is 8.48. The van der Waals surface area contributed by atoms with Crippen molar-refractivity contribution in [2.24, 2.45) is 5.92 Å². The number of halogens is 2. The molecule has 0 spiro atoms. The Labute approximate surface area is 105 Å². The third-order valence-corrected chi connectivity index (χ3v) is 5.90. The van der Waals surface area contributed by atoms with Crippen molar-refractivity contribution in [2.45, 2.75) is 31.8 Å². The molecule has 1 aliphatic rings. The predicted octanol–water partition coefficient (Wildman–Crippen LogP) is 4.50. The lowest BCUT2D eigenvalue weighted by Crippen LogP contribution is -1.94. The highest BCUT2D eigenvalue weighted by atomic mass is 79.9. The van der Waals surface area contributed by atoms with Crippen LogP contribution in [0.5, 0.6) is 0 Å². The van der Waals surface area contributed by atoms with Crippen LogP contribution in [-0.2, 0) is 0 Å². The molecule has 4 heteroatoms. The van der Waals surface area contributed by atoms with Crippen LogP contribution >= 0.6 is 43.2 Å². The van der Waals surface area contributed by atoms with E-state index in [1.54, 1.807) is 11.3 Å². The molecule has 1 nitrogen and oxygen atoms in total. The molecule has 1 N–H and O–H groups in total. The van der Waals surface area contributed by atoms with Crippen LogP contribution in [0.25, 0.3) is 0 Å². The highest BCUT2D eigenvalue weighted by Crippen LogP contribution is 2.39. The lowest BCUT2D eigenvalue weighted by Gasteiger charge is -2.06. The molecule has 0 saturated heterocycles. The van der Waals surface area contributed by atoms with E-state index in [1.807, 2.05) is 6.07 Å². The van der Waals surface area contributed by atoms with Crippen molar-refractivity contribution >= 4 is 43.2 Å². The zero-order valence-corrected chi connectivity index (χ0v) is 11.7. The molecule has 1 aromatic heterocycles. The Morgan fingerprint density at radius 2 is 2.21 bits per heavy atom. The number of thiophene rings is 1. The first-order valence-electron chi connectivity index (χ1n) is 4.79. The Hall–Kier alpha value is 0.620. The molecular formula is C10H12Br2OS. The number of aliphatic hydroxyl groups excluding tert-OH is 1. The monoisotopic (exact) mass is 338 g/mol. The van der Waals surface area contributed by atoms with Gasteiger partial charge in [0.1, 0.15) is 0 Å². The fraction of sp³-hybridized carbons (Fsp3) is 0.600. The fourth-order valence-corrected chi connectivity index (χ4v) is 3.58. The van der Waals surface area contributed by atoms with Gasteiger partial charge in [-0.2, -0.15) is 0 Å². The quantitative estimate of drug-likeness (QED) is 0.856. The second kappa shape index (κ2) is 4.64. The standard InChI is InChI=1S/C10H12Br2OS/c11-7-5-9(14-10(7)12)8(13)4-3-6-1-2-6/h5-6,8,13H,1-4H2. The molecule has 78 valence electrons. The summed E-state index contributed by atoms with van der Waals surface area (Å²) in [5.74, 6) is 0.900. The van der Waals surface area contributed by atoms with Gasteiger partial charge in [0.05, 0.1) is 9.89 Å². The van der Waals surface area contributed by atoms with Crippen LogP contribution in [0.2, 0.25) is 0 Å². The molecule has 0 aromatic carbocycles. The van der Waals surface area contributed by atoms with Gasteiger partial charge in [0.2, 0.25) is 0 Å². The molecular weight excluding hydrogens is 328 g/mol. The van der Waals surface area contributed by atoms with Crippen molar-refractivity contribution in [3.8, 4) is 0 Å². The van der Waals surface area contributed by atoms with E-state index in [2.05, 4.69) is 31.9 Å². The van der Waals surface area contributed by atoms with Gasteiger partial charge >= 0.3 is 0 Å². The van der Waals surface area contributed by atoms with Crippen LogP contribution in [0.15, 0.2) is 14.3 Å². The topological polar surface area (TPSA) is 20.2 Å². The summed E-state index contributed by atoms with van der Waals surface area (Å²) < 4.78 is 2.11. The Balaban J connectivity index is 1.91. The van der Waals surface area contributed by atoms with E-state index < -0.39 is 0 Å². The lowest BCUT2D eigenvalue weighted by molar-refractivity contribution is 0.166. The van der Waals surface area contributed by atoms with Crippen LogP contribution in [0.1, 0.15) is 36.7 Å². The summed E-state index contributed by atoms with van der Waals surface area (Å²) in [6, 6.07) is 2.01. The van der Waals surface area contributed by atoms with Gasteiger partial charge in [-0.3, -0.25) is 0 Å². The maximum atomic E-state index is 9.90. The predicted molar refractivity (Wildman–Crippen MR) is 66.6 cm³/mol. The van der Waals surface area contributed by atoms with Gasteiger partial charge in [0.15, 0.2) is 0 Å². The van der Waals surface area contributed by atoms with Crippen molar-refractivity contribution < 1.29 is 5.11 Å². The van der Waals surface area contributed by atoms with E-state index in [4.69, 9.17) is 0 Å². The van der Waals surface area contributed by atoms with E-state index in [0.29, 0.717) is 0 Å². The minimum Gasteiger partial charge on any atom is -0.388 e. The molecule has 1 heterocycles. The van der Waals surface area contributed by atoms with Crippen LogP contribution in [0.3, 0.4) is 0 Å². The third kappa shape index (κ3) is 2.81. The van der Waals surface area contributed by atoms with Gasteiger partial charge in [0.25, 0.3) is 0 Å². The number of hydrogen-bond donors (Lipinski definition) is 1. The zero-order chi connectivity index (χ0) is 10.1. The first kappa shape index (κ1) is 11.1. The summed E-state index contributed by atoms with van der Waals surface area (Å²) in [7, 11) is 0.